The minimum atomic E-state index is -0.212. The highest BCUT2D eigenvalue weighted by Gasteiger charge is 2.54. The Balaban J connectivity index is 1.40. The first-order valence-corrected chi connectivity index (χ1v) is 10.4. The van der Waals surface area contributed by atoms with E-state index >= 15 is 0 Å². The number of aromatic nitrogens is 2. The van der Waals surface area contributed by atoms with Crippen LogP contribution < -0.4 is 5.32 Å². The van der Waals surface area contributed by atoms with Crippen molar-refractivity contribution in [1.82, 2.24) is 20.2 Å². The molecule has 5 rings (SSSR count). The Morgan fingerprint density at radius 3 is 2.83 bits per heavy atom. The van der Waals surface area contributed by atoms with E-state index in [0.717, 1.165) is 43.7 Å². The van der Waals surface area contributed by atoms with Crippen molar-refractivity contribution in [3.05, 3.63) is 77.8 Å². The van der Waals surface area contributed by atoms with Crippen molar-refractivity contribution < 1.29 is 13.9 Å². The van der Waals surface area contributed by atoms with Gasteiger partial charge < -0.3 is 19.5 Å². The number of piperidine rings is 1. The second-order valence-electron chi connectivity index (χ2n) is 8.18. The van der Waals surface area contributed by atoms with Crippen molar-refractivity contribution in [2.24, 2.45) is 0 Å². The number of imidazole rings is 1. The number of nitrogens with zero attached hydrogens (tertiary/aromatic N) is 2. The zero-order valence-electron chi connectivity index (χ0n) is 17.0. The minimum absolute atomic E-state index is 0.114. The first-order valence-electron chi connectivity index (χ1n) is 10.4. The molecule has 3 aromatic rings. The van der Waals surface area contributed by atoms with Crippen LogP contribution in [0.25, 0.3) is 0 Å². The van der Waals surface area contributed by atoms with Gasteiger partial charge in [0.25, 0.3) is 5.91 Å². The van der Waals surface area contributed by atoms with Crippen LogP contribution in [-0.4, -0.2) is 47.1 Å². The van der Waals surface area contributed by atoms with Gasteiger partial charge in [-0.1, -0.05) is 24.3 Å². The summed E-state index contributed by atoms with van der Waals surface area (Å²) in [6.45, 7) is 2.80. The van der Waals surface area contributed by atoms with E-state index in [-0.39, 0.29) is 23.5 Å². The fourth-order valence-corrected chi connectivity index (χ4v) is 5.27. The first kappa shape index (κ1) is 19.1. The number of amides is 1. The maximum Gasteiger partial charge on any atom is 0.287 e. The van der Waals surface area contributed by atoms with E-state index in [1.807, 2.05) is 12.3 Å². The van der Waals surface area contributed by atoms with Crippen molar-refractivity contribution in [2.75, 3.05) is 20.2 Å². The number of hydrogen-bond acceptors (Lipinski definition) is 5. The number of fused-ring (bicyclic) bond motifs is 2. The second-order valence-corrected chi connectivity index (χ2v) is 8.18. The van der Waals surface area contributed by atoms with Crippen LogP contribution in [0.3, 0.4) is 0 Å². The van der Waals surface area contributed by atoms with Crippen molar-refractivity contribution in [1.29, 1.82) is 0 Å². The van der Waals surface area contributed by atoms with E-state index in [4.69, 9.17) is 9.15 Å². The second kappa shape index (κ2) is 7.74. The summed E-state index contributed by atoms with van der Waals surface area (Å²) in [5.74, 6) is 0.105. The summed E-state index contributed by atoms with van der Waals surface area (Å²) in [5.41, 5.74) is 3.45. The summed E-state index contributed by atoms with van der Waals surface area (Å²) < 4.78 is 11.4. The number of furan rings is 1. The number of ether oxygens (including phenoxy) is 1. The van der Waals surface area contributed by atoms with Gasteiger partial charge in [-0.15, -0.1) is 0 Å². The average molecular weight is 406 g/mol. The van der Waals surface area contributed by atoms with E-state index in [1.165, 1.54) is 11.8 Å². The Morgan fingerprint density at radius 2 is 2.13 bits per heavy atom. The highest BCUT2D eigenvalue weighted by molar-refractivity contribution is 5.91. The van der Waals surface area contributed by atoms with E-state index in [2.05, 4.69) is 38.4 Å². The molecule has 3 heterocycles. The molecule has 2 N–H and O–H groups in total. The molecular weight excluding hydrogens is 380 g/mol. The summed E-state index contributed by atoms with van der Waals surface area (Å²) in [6, 6.07) is 11.6. The van der Waals surface area contributed by atoms with Gasteiger partial charge in [-0.25, -0.2) is 4.98 Å². The smallest absolute Gasteiger partial charge is 0.287 e. The van der Waals surface area contributed by atoms with Crippen molar-refractivity contribution in [3.63, 3.8) is 0 Å². The standard InChI is InChI=1S/C23H26N4O3/c1-29-21-20(26-22(28)19-7-4-12-30-19)17-5-2-3-6-18(17)23(21)8-10-27(11-9-23)14-16-13-24-15-25-16/h2-7,12-13,15,20-21H,8-11,14H2,1H3,(H,24,25)(H,26,28)/t20-,21+/m1/s1. The van der Waals surface area contributed by atoms with Gasteiger partial charge >= 0.3 is 0 Å². The van der Waals surface area contributed by atoms with Crippen LogP contribution in [-0.2, 0) is 16.7 Å². The number of aromatic amines is 1. The number of likely N-dealkylation sites (tertiary alicyclic amines) is 1. The Hall–Kier alpha value is -2.90. The predicted octanol–water partition coefficient (Wildman–Crippen LogP) is 3.04. The number of methoxy groups -OCH3 is 1. The van der Waals surface area contributed by atoms with Crippen LogP contribution in [0, 0.1) is 0 Å². The maximum absolute atomic E-state index is 12.8. The molecule has 2 aliphatic rings. The van der Waals surface area contributed by atoms with Gasteiger partial charge in [-0.05, 0) is 49.2 Å². The first-order chi connectivity index (χ1) is 14.7. The molecule has 1 aromatic carbocycles. The molecule has 156 valence electrons. The summed E-state index contributed by atoms with van der Waals surface area (Å²) in [6.07, 6.45) is 6.95. The maximum atomic E-state index is 12.8. The quantitative estimate of drug-likeness (QED) is 0.681. The molecule has 30 heavy (non-hydrogen) atoms. The third-order valence-corrected chi connectivity index (χ3v) is 6.66. The molecule has 1 fully saturated rings. The fraction of sp³-hybridized carbons (Fsp3) is 0.391. The monoisotopic (exact) mass is 406 g/mol. The van der Waals surface area contributed by atoms with E-state index in [0.29, 0.717) is 5.76 Å². The molecule has 7 nitrogen and oxygen atoms in total. The molecule has 0 saturated carbocycles. The number of carbonyl (C=O) groups excluding carboxylic acids is 1. The normalized spacial score (nSPS) is 22.8. The number of nitrogens with one attached hydrogen (secondary N) is 2. The van der Waals surface area contributed by atoms with E-state index in [9.17, 15) is 4.79 Å². The molecule has 0 unspecified atom stereocenters. The van der Waals surface area contributed by atoms with Crippen molar-refractivity contribution >= 4 is 5.91 Å². The molecule has 0 bridgehead atoms. The number of carbonyl (C=O) groups is 1. The highest BCUT2D eigenvalue weighted by atomic mass is 16.5. The lowest BCUT2D eigenvalue weighted by atomic mass is 9.72. The zero-order valence-corrected chi connectivity index (χ0v) is 17.0. The van der Waals surface area contributed by atoms with Crippen LogP contribution in [0.2, 0.25) is 0 Å². The van der Waals surface area contributed by atoms with Gasteiger partial charge in [0.1, 0.15) is 0 Å². The largest absolute Gasteiger partial charge is 0.459 e. The third-order valence-electron chi connectivity index (χ3n) is 6.66. The zero-order chi connectivity index (χ0) is 20.6. The minimum Gasteiger partial charge on any atom is -0.459 e. The lowest BCUT2D eigenvalue weighted by Crippen LogP contribution is -2.50. The van der Waals surface area contributed by atoms with E-state index < -0.39 is 0 Å². The van der Waals surface area contributed by atoms with Gasteiger partial charge in [0.05, 0.1) is 24.7 Å². The van der Waals surface area contributed by atoms with Crippen LogP contribution in [0.15, 0.2) is 59.6 Å². The average Bonchev–Trinajstić information content (AvgIpc) is 3.52. The topological polar surface area (TPSA) is 83.4 Å². The molecular formula is C23H26N4O3. The summed E-state index contributed by atoms with van der Waals surface area (Å²) in [4.78, 5) is 22.5. The van der Waals surface area contributed by atoms with E-state index in [1.54, 1.807) is 25.6 Å². The lowest BCUT2D eigenvalue weighted by Gasteiger charge is -2.44. The van der Waals surface area contributed by atoms with Gasteiger partial charge in [-0.2, -0.15) is 0 Å². The van der Waals surface area contributed by atoms with Crippen LogP contribution >= 0.6 is 0 Å². The van der Waals surface area contributed by atoms with Crippen LogP contribution in [0.5, 0.6) is 0 Å². The number of hydrogen-bond donors (Lipinski definition) is 2. The number of rotatable bonds is 5. The molecule has 0 radical (unpaired) electrons. The Labute approximate surface area is 175 Å². The molecule has 1 saturated heterocycles. The number of benzene rings is 1. The lowest BCUT2D eigenvalue weighted by molar-refractivity contribution is -0.0125. The van der Waals surface area contributed by atoms with Crippen LogP contribution in [0.4, 0.5) is 0 Å². The Bertz CT molecular complexity index is 991. The summed E-state index contributed by atoms with van der Waals surface area (Å²) in [5, 5.41) is 3.17. The molecule has 1 aliphatic carbocycles. The van der Waals surface area contributed by atoms with Crippen LogP contribution in [0.1, 0.15) is 46.3 Å². The van der Waals surface area contributed by atoms with Gasteiger partial charge in [0.15, 0.2) is 5.76 Å². The fourth-order valence-electron chi connectivity index (χ4n) is 5.27. The predicted molar refractivity (Wildman–Crippen MR) is 111 cm³/mol. The molecule has 1 aliphatic heterocycles. The van der Waals surface area contributed by atoms with Gasteiger partial charge in [0.2, 0.25) is 0 Å². The molecule has 2 atom stereocenters. The highest BCUT2D eigenvalue weighted by Crippen LogP contribution is 2.52. The number of H-pyrrole nitrogens is 1. The molecule has 2 aromatic heterocycles. The summed E-state index contributed by atoms with van der Waals surface area (Å²) in [7, 11) is 1.75. The molecule has 1 amide bonds. The van der Waals surface area contributed by atoms with Crippen molar-refractivity contribution in [3.8, 4) is 0 Å². The van der Waals surface area contributed by atoms with Gasteiger partial charge in [-0.3, -0.25) is 9.69 Å². The summed E-state index contributed by atoms with van der Waals surface area (Å²) >= 11 is 0. The molecule has 7 heteroatoms. The Kier molecular flexibility index (Phi) is 4.92. The SMILES string of the molecule is CO[C@H]1[C@H](NC(=O)c2ccco2)c2ccccc2C12CCN(Cc1cnc[nH]1)CC2. The van der Waals surface area contributed by atoms with Crippen molar-refractivity contribution in [2.45, 2.75) is 36.9 Å². The van der Waals surface area contributed by atoms with Gasteiger partial charge in [0, 0.05) is 31.0 Å². The third kappa shape index (κ3) is 3.14. The molecule has 1 spiro atoms. The Morgan fingerprint density at radius 1 is 1.30 bits per heavy atom.